The van der Waals surface area contributed by atoms with Crippen molar-refractivity contribution in [1.29, 1.82) is 5.26 Å². The summed E-state index contributed by atoms with van der Waals surface area (Å²) in [5.41, 5.74) is 0.533. The number of aliphatic hydroxyl groups is 1. The number of aromatic nitrogens is 2. The fourth-order valence-electron chi connectivity index (χ4n) is 9.93. The third kappa shape index (κ3) is 4.48. The minimum Gasteiger partial charge on any atom is -0.447 e. The van der Waals surface area contributed by atoms with Gasteiger partial charge in [-0.3, -0.25) is 4.79 Å². The SMILES string of the molecule is CC1(C(=O)OC2(C(=O)SCC#N)CC[C@H]3C4CCC5=Cc6c(cnn6-c6ccc(F)cc6)CC5(C)[C@H]4[C@@H](O)CC32C)CCCO1. The van der Waals surface area contributed by atoms with Gasteiger partial charge in [0, 0.05) is 12.0 Å². The van der Waals surface area contributed by atoms with Gasteiger partial charge in [-0.25, -0.2) is 13.9 Å². The highest BCUT2D eigenvalue weighted by molar-refractivity contribution is 8.14. The molecule has 3 saturated carbocycles. The maximum absolute atomic E-state index is 14.0. The van der Waals surface area contributed by atoms with Crippen LogP contribution in [0.25, 0.3) is 11.8 Å². The second-order valence-corrected chi connectivity index (χ2v) is 15.4. The van der Waals surface area contributed by atoms with Crippen LogP contribution in [0.3, 0.4) is 0 Å². The predicted molar refractivity (Wildman–Crippen MR) is 166 cm³/mol. The lowest BCUT2D eigenvalue weighted by Crippen LogP contribution is -2.63. The van der Waals surface area contributed by atoms with Crippen LogP contribution < -0.4 is 0 Å². The highest BCUT2D eigenvalue weighted by atomic mass is 32.2. The van der Waals surface area contributed by atoms with E-state index in [2.05, 4.69) is 24.2 Å². The second kappa shape index (κ2) is 10.8. The van der Waals surface area contributed by atoms with E-state index in [1.54, 1.807) is 19.1 Å². The Balaban J connectivity index is 1.22. The first-order valence-corrected chi connectivity index (χ1v) is 17.1. The molecule has 1 aromatic carbocycles. The van der Waals surface area contributed by atoms with Crippen molar-refractivity contribution >= 4 is 28.9 Å². The van der Waals surface area contributed by atoms with Crippen molar-refractivity contribution in [2.75, 3.05) is 12.4 Å². The maximum atomic E-state index is 14.0. The molecule has 5 aliphatic rings. The molecule has 8 atom stereocenters. The van der Waals surface area contributed by atoms with Gasteiger partial charge in [0.15, 0.2) is 11.2 Å². The number of carbonyl (C=O) groups excluding carboxylic acids is 2. The summed E-state index contributed by atoms with van der Waals surface area (Å²) in [5.74, 6) is -0.697. The van der Waals surface area contributed by atoms with Crippen LogP contribution in [0.15, 0.2) is 36.0 Å². The highest BCUT2D eigenvalue weighted by Crippen LogP contribution is 2.69. The number of aliphatic hydroxyl groups excluding tert-OH is 1. The zero-order valence-electron chi connectivity index (χ0n) is 26.1. The molecule has 5 unspecified atom stereocenters. The van der Waals surface area contributed by atoms with Crippen molar-refractivity contribution in [3.05, 3.63) is 53.1 Å². The highest BCUT2D eigenvalue weighted by Gasteiger charge is 2.71. The Morgan fingerprint density at radius 1 is 1.22 bits per heavy atom. The maximum Gasteiger partial charge on any atom is 0.339 e. The molecule has 8 nitrogen and oxygen atoms in total. The molecule has 0 spiro atoms. The monoisotopic (exact) mass is 633 g/mol. The van der Waals surface area contributed by atoms with Crippen molar-refractivity contribution in [3.63, 3.8) is 0 Å². The molecule has 45 heavy (non-hydrogen) atoms. The standard InChI is InChI=1S/C35H40FN3O5S/c1-32-18-21-20-38-39(24-8-6-23(36)7-9-24)27(21)17-22(32)5-10-25-26-11-13-35(31(42)45-16-14-37,33(26,2)19-28(40)29(25)32)44-30(41)34(3)12-4-15-43-34/h6-9,17,20,25-26,28-29,40H,4-5,10-13,15-16,18-19H2,1-3H3/t25?,26-,28-,29+,32?,33?,34?,35?/m0/s1. The van der Waals surface area contributed by atoms with E-state index in [0.29, 0.717) is 32.3 Å². The van der Waals surface area contributed by atoms with Gasteiger partial charge in [0.25, 0.3) is 0 Å². The van der Waals surface area contributed by atoms with E-state index >= 15 is 0 Å². The number of fused-ring (bicyclic) bond motifs is 6. The Morgan fingerprint density at radius 2 is 2.00 bits per heavy atom. The first-order chi connectivity index (χ1) is 21.5. The zero-order chi connectivity index (χ0) is 31.8. The molecule has 1 aliphatic heterocycles. The number of thioether (sulfide) groups is 1. The summed E-state index contributed by atoms with van der Waals surface area (Å²) in [5, 5.41) is 25.8. The van der Waals surface area contributed by atoms with Crippen LogP contribution in [-0.4, -0.2) is 55.6 Å². The van der Waals surface area contributed by atoms with Gasteiger partial charge in [-0.2, -0.15) is 10.4 Å². The molecule has 238 valence electrons. The summed E-state index contributed by atoms with van der Waals surface area (Å²) in [7, 11) is 0. The topological polar surface area (TPSA) is 114 Å². The quantitative estimate of drug-likeness (QED) is 0.411. The molecule has 2 aromatic rings. The van der Waals surface area contributed by atoms with E-state index in [-0.39, 0.29) is 39.9 Å². The van der Waals surface area contributed by atoms with Gasteiger partial charge in [-0.15, -0.1) is 0 Å². The van der Waals surface area contributed by atoms with Gasteiger partial charge in [0.05, 0.1) is 35.5 Å². The summed E-state index contributed by atoms with van der Waals surface area (Å²) in [4.78, 5) is 27.7. The minimum atomic E-state index is -1.44. The fourth-order valence-corrected chi connectivity index (χ4v) is 10.7. The van der Waals surface area contributed by atoms with Crippen molar-refractivity contribution in [3.8, 4) is 11.8 Å². The Bertz CT molecular complexity index is 1610. The molecule has 1 N–H and O–H groups in total. The second-order valence-electron chi connectivity index (χ2n) is 14.4. The molecular formula is C35H40FN3O5S. The molecule has 2 heterocycles. The molecule has 0 amide bonds. The van der Waals surface area contributed by atoms with Crippen LogP contribution in [0, 0.1) is 45.7 Å². The molecular weight excluding hydrogens is 593 g/mol. The molecule has 4 aliphatic carbocycles. The van der Waals surface area contributed by atoms with Gasteiger partial charge in [-0.05, 0) is 117 Å². The van der Waals surface area contributed by atoms with E-state index in [1.165, 1.54) is 17.7 Å². The van der Waals surface area contributed by atoms with E-state index in [1.807, 2.05) is 17.8 Å². The number of carbonyl (C=O) groups is 2. The number of allylic oxidation sites excluding steroid dienone is 1. The normalized spacial score (nSPS) is 38.3. The molecule has 0 radical (unpaired) electrons. The van der Waals surface area contributed by atoms with Crippen molar-refractivity contribution in [2.45, 2.75) is 89.4 Å². The van der Waals surface area contributed by atoms with Crippen LogP contribution in [0.2, 0.25) is 0 Å². The van der Waals surface area contributed by atoms with E-state index in [0.717, 1.165) is 54.4 Å². The molecule has 7 rings (SSSR count). The van der Waals surface area contributed by atoms with E-state index < -0.39 is 28.7 Å². The van der Waals surface area contributed by atoms with E-state index in [9.17, 15) is 24.3 Å². The largest absolute Gasteiger partial charge is 0.447 e. The number of nitrogens with zero attached hydrogens (tertiary/aromatic N) is 3. The fraction of sp³-hybridized carbons (Fsp3) is 0.600. The first-order valence-electron chi connectivity index (χ1n) is 16.1. The van der Waals surface area contributed by atoms with Crippen LogP contribution >= 0.6 is 11.8 Å². The van der Waals surface area contributed by atoms with Gasteiger partial charge >= 0.3 is 5.97 Å². The van der Waals surface area contributed by atoms with Gasteiger partial charge in [-0.1, -0.05) is 31.2 Å². The first kappa shape index (κ1) is 30.6. The molecule has 4 fully saturated rings. The van der Waals surface area contributed by atoms with Crippen LogP contribution in [0.1, 0.15) is 77.0 Å². The van der Waals surface area contributed by atoms with Crippen LogP contribution in [0.4, 0.5) is 4.39 Å². The molecule has 1 aromatic heterocycles. The predicted octanol–water partition coefficient (Wildman–Crippen LogP) is 5.80. The van der Waals surface area contributed by atoms with Crippen molar-refractivity contribution in [2.24, 2.45) is 28.6 Å². The summed E-state index contributed by atoms with van der Waals surface area (Å²) in [6.07, 6.45) is 8.49. The molecule has 10 heteroatoms. The Morgan fingerprint density at radius 3 is 2.71 bits per heavy atom. The summed E-state index contributed by atoms with van der Waals surface area (Å²) in [6.45, 7) is 6.49. The number of halogens is 1. The summed E-state index contributed by atoms with van der Waals surface area (Å²) >= 11 is 0.913. The van der Waals surface area contributed by atoms with Crippen LogP contribution in [-0.2, 0) is 25.5 Å². The smallest absolute Gasteiger partial charge is 0.339 e. The number of nitriles is 1. The molecule has 0 bridgehead atoms. The Hall–Kier alpha value is -3.00. The lowest BCUT2D eigenvalue weighted by atomic mass is 9.45. The zero-order valence-corrected chi connectivity index (χ0v) is 26.9. The Kier molecular flexibility index (Phi) is 7.34. The third-order valence-electron chi connectivity index (χ3n) is 12.1. The lowest BCUT2D eigenvalue weighted by molar-refractivity contribution is -0.208. The number of hydrogen-bond donors (Lipinski definition) is 1. The number of rotatable bonds is 5. The van der Waals surface area contributed by atoms with Crippen molar-refractivity contribution in [1.82, 2.24) is 9.78 Å². The number of esters is 1. The lowest BCUT2D eigenvalue weighted by Gasteiger charge is -2.60. The summed E-state index contributed by atoms with van der Waals surface area (Å²) < 4.78 is 27.7. The van der Waals surface area contributed by atoms with Crippen molar-refractivity contribution < 1.29 is 28.6 Å². The average molecular weight is 634 g/mol. The average Bonchev–Trinajstić information content (AvgIpc) is 3.71. The number of benzene rings is 1. The molecule has 1 saturated heterocycles. The Labute approximate surface area is 267 Å². The van der Waals surface area contributed by atoms with Gasteiger partial charge in [0.1, 0.15) is 5.82 Å². The van der Waals surface area contributed by atoms with Gasteiger partial charge < -0.3 is 14.6 Å². The van der Waals surface area contributed by atoms with Gasteiger partial charge in [0.2, 0.25) is 5.12 Å². The van der Waals surface area contributed by atoms with E-state index in [4.69, 9.17) is 9.47 Å². The number of hydrogen-bond acceptors (Lipinski definition) is 8. The number of ether oxygens (including phenoxy) is 2. The third-order valence-corrected chi connectivity index (χ3v) is 13.0. The summed E-state index contributed by atoms with van der Waals surface area (Å²) in [6, 6.07) is 8.38. The minimum absolute atomic E-state index is 0.0264. The van der Waals surface area contributed by atoms with Crippen LogP contribution in [0.5, 0.6) is 0 Å².